The number of carbonyl (C=O) groups excluding carboxylic acids is 2. The van der Waals surface area contributed by atoms with Crippen LogP contribution in [0.5, 0.6) is 5.75 Å². The lowest BCUT2D eigenvalue weighted by atomic mass is 10.1. The maximum absolute atomic E-state index is 14.0. The number of carbonyl (C=O) groups is 2. The van der Waals surface area contributed by atoms with Gasteiger partial charge in [0.25, 0.3) is 10.0 Å². The van der Waals surface area contributed by atoms with Crippen LogP contribution in [0.25, 0.3) is 0 Å². The molecule has 1 atom stereocenters. The zero-order chi connectivity index (χ0) is 30.3. The summed E-state index contributed by atoms with van der Waals surface area (Å²) in [6.45, 7) is 5.10. The van der Waals surface area contributed by atoms with Gasteiger partial charge in [-0.05, 0) is 55.3 Å². The molecule has 0 aromatic heterocycles. The van der Waals surface area contributed by atoms with Gasteiger partial charge < -0.3 is 15.0 Å². The number of methoxy groups -OCH3 is 1. The van der Waals surface area contributed by atoms with Gasteiger partial charge >= 0.3 is 0 Å². The van der Waals surface area contributed by atoms with Crippen LogP contribution in [-0.4, -0.2) is 51.4 Å². The van der Waals surface area contributed by atoms with Crippen LogP contribution >= 0.6 is 34.8 Å². The Morgan fingerprint density at radius 1 is 0.902 bits per heavy atom. The molecule has 0 aliphatic heterocycles. The van der Waals surface area contributed by atoms with Crippen molar-refractivity contribution in [1.82, 2.24) is 10.2 Å². The molecular weight excluding hydrogens is 609 g/mol. The van der Waals surface area contributed by atoms with Gasteiger partial charge in [-0.25, -0.2) is 8.42 Å². The van der Waals surface area contributed by atoms with Crippen molar-refractivity contribution < 1.29 is 22.7 Å². The van der Waals surface area contributed by atoms with Crippen molar-refractivity contribution in [1.29, 1.82) is 0 Å². The summed E-state index contributed by atoms with van der Waals surface area (Å²) in [4.78, 5) is 28.4. The number of nitrogens with zero attached hydrogens (tertiary/aromatic N) is 2. The third-order valence-electron chi connectivity index (χ3n) is 6.28. The molecule has 0 heterocycles. The van der Waals surface area contributed by atoms with Gasteiger partial charge in [0.15, 0.2) is 0 Å². The molecule has 3 aromatic rings. The fraction of sp³-hybridized carbons (Fsp3) is 0.310. The summed E-state index contributed by atoms with van der Waals surface area (Å²) in [5, 5.41) is 3.60. The summed E-state index contributed by atoms with van der Waals surface area (Å²) >= 11 is 19.2. The molecular formula is C29H32Cl3N3O5S. The minimum Gasteiger partial charge on any atom is -0.495 e. The Bertz CT molecular complexity index is 1470. The van der Waals surface area contributed by atoms with Crippen LogP contribution in [0.4, 0.5) is 5.69 Å². The molecule has 220 valence electrons. The van der Waals surface area contributed by atoms with Gasteiger partial charge in [-0.15, -0.1) is 0 Å². The minimum absolute atomic E-state index is 0.0248. The van der Waals surface area contributed by atoms with E-state index in [0.29, 0.717) is 27.9 Å². The fourth-order valence-electron chi connectivity index (χ4n) is 3.95. The monoisotopic (exact) mass is 639 g/mol. The molecule has 3 aromatic carbocycles. The van der Waals surface area contributed by atoms with Gasteiger partial charge in [-0.1, -0.05) is 72.9 Å². The molecule has 41 heavy (non-hydrogen) atoms. The van der Waals surface area contributed by atoms with E-state index in [-0.39, 0.29) is 28.1 Å². The van der Waals surface area contributed by atoms with Crippen LogP contribution in [0.15, 0.2) is 71.6 Å². The van der Waals surface area contributed by atoms with Gasteiger partial charge in [-0.2, -0.15) is 0 Å². The molecule has 0 aliphatic carbocycles. The summed E-state index contributed by atoms with van der Waals surface area (Å²) in [6.07, 6.45) is 0. The molecule has 0 fully saturated rings. The van der Waals surface area contributed by atoms with Crippen molar-refractivity contribution in [3.63, 3.8) is 0 Å². The van der Waals surface area contributed by atoms with E-state index in [1.165, 1.54) is 42.3 Å². The molecule has 0 spiro atoms. The third kappa shape index (κ3) is 8.07. The van der Waals surface area contributed by atoms with Gasteiger partial charge in [-0.3, -0.25) is 13.9 Å². The summed E-state index contributed by atoms with van der Waals surface area (Å²) < 4.78 is 33.9. The minimum atomic E-state index is -4.24. The second-order valence-electron chi connectivity index (χ2n) is 9.68. The van der Waals surface area contributed by atoms with Crippen molar-refractivity contribution in [2.75, 3.05) is 24.5 Å². The second kappa shape index (κ2) is 14.3. The number of nitrogens with one attached hydrogen (secondary N) is 1. The van der Waals surface area contributed by atoms with E-state index < -0.39 is 34.4 Å². The highest BCUT2D eigenvalue weighted by Crippen LogP contribution is 2.32. The lowest BCUT2D eigenvalue weighted by molar-refractivity contribution is -0.139. The lowest BCUT2D eigenvalue weighted by Gasteiger charge is -2.32. The van der Waals surface area contributed by atoms with E-state index in [2.05, 4.69) is 5.32 Å². The molecule has 2 amide bonds. The number of halogens is 3. The van der Waals surface area contributed by atoms with Crippen LogP contribution in [0.1, 0.15) is 26.3 Å². The van der Waals surface area contributed by atoms with E-state index >= 15 is 0 Å². The third-order valence-corrected chi connectivity index (χ3v) is 9.07. The SMILES string of the molecule is COc1ccc(N(CC(=O)N(Cc2c(Cl)cccc2Cl)C(C)C(=O)NCC(C)C)S(=O)(=O)c2ccccc2)cc1Cl. The first-order chi connectivity index (χ1) is 19.4. The average Bonchev–Trinajstić information content (AvgIpc) is 2.94. The number of hydrogen-bond acceptors (Lipinski definition) is 5. The maximum atomic E-state index is 14.0. The summed E-state index contributed by atoms with van der Waals surface area (Å²) in [5.41, 5.74) is 0.568. The number of anilines is 1. The number of ether oxygens (including phenoxy) is 1. The summed E-state index contributed by atoms with van der Waals surface area (Å²) in [6, 6.07) is 16.1. The normalized spacial score (nSPS) is 12.1. The zero-order valence-corrected chi connectivity index (χ0v) is 26.2. The van der Waals surface area contributed by atoms with Crippen molar-refractivity contribution in [2.45, 2.75) is 38.3 Å². The summed E-state index contributed by atoms with van der Waals surface area (Å²) in [5.74, 6) is -0.538. The highest BCUT2D eigenvalue weighted by atomic mass is 35.5. The van der Waals surface area contributed by atoms with Crippen LogP contribution in [0, 0.1) is 5.92 Å². The van der Waals surface area contributed by atoms with Crippen LogP contribution in [-0.2, 0) is 26.2 Å². The molecule has 0 saturated carbocycles. The predicted octanol–water partition coefficient (Wildman–Crippen LogP) is 6.04. The lowest BCUT2D eigenvalue weighted by Crippen LogP contribution is -2.51. The van der Waals surface area contributed by atoms with E-state index in [4.69, 9.17) is 39.5 Å². The fourth-order valence-corrected chi connectivity index (χ4v) is 6.14. The summed E-state index contributed by atoms with van der Waals surface area (Å²) in [7, 11) is -2.81. The van der Waals surface area contributed by atoms with E-state index in [9.17, 15) is 18.0 Å². The van der Waals surface area contributed by atoms with E-state index in [1.54, 1.807) is 43.3 Å². The standard InChI is InChI=1S/C29H32Cl3N3O5S/c1-19(2)16-33-29(37)20(3)34(17-23-24(30)11-8-12-25(23)31)28(36)18-35(21-13-14-27(40-4)26(32)15-21)41(38,39)22-9-6-5-7-10-22/h5-15,19-20H,16-18H2,1-4H3,(H,33,37). The first kappa shape index (κ1) is 32.5. The van der Waals surface area contributed by atoms with Gasteiger partial charge in [0.05, 0.1) is 22.7 Å². The molecule has 0 saturated heterocycles. The Balaban J connectivity index is 2.07. The molecule has 12 heteroatoms. The Kier molecular flexibility index (Phi) is 11.3. The zero-order valence-electron chi connectivity index (χ0n) is 23.1. The number of hydrogen-bond donors (Lipinski definition) is 1. The molecule has 1 N–H and O–H groups in total. The Labute approximate surface area is 256 Å². The maximum Gasteiger partial charge on any atom is 0.264 e. The molecule has 0 bridgehead atoms. The first-order valence-corrected chi connectivity index (χ1v) is 15.4. The molecule has 0 aliphatic rings. The largest absolute Gasteiger partial charge is 0.495 e. The van der Waals surface area contributed by atoms with Crippen LogP contribution in [0.3, 0.4) is 0 Å². The molecule has 1 unspecified atom stereocenters. The highest BCUT2D eigenvalue weighted by Gasteiger charge is 2.33. The quantitative estimate of drug-likeness (QED) is 0.261. The van der Waals surface area contributed by atoms with Crippen molar-refractivity contribution in [2.24, 2.45) is 5.92 Å². The van der Waals surface area contributed by atoms with Gasteiger partial charge in [0.2, 0.25) is 11.8 Å². The van der Waals surface area contributed by atoms with Crippen LogP contribution in [0.2, 0.25) is 15.1 Å². The van der Waals surface area contributed by atoms with Crippen LogP contribution < -0.4 is 14.4 Å². The smallest absolute Gasteiger partial charge is 0.264 e. The Morgan fingerprint density at radius 3 is 2.10 bits per heavy atom. The average molecular weight is 641 g/mol. The number of benzene rings is 3. The van der Waals surface area contributed by atoms with Gasteiger partial charge in [0, 0.05) is 28.7 Å². The van der Waals surface area contributed by atoms with E-state index in [1.807, 2.05) is 13.8 Å². The Hall–Kier alpha value is -2.98. The number of amides is 2. The first-order valence-electron chi connectivity index (χ1n) is 12.8. The highest BCUT2D eigenvalue weighted by molar-refractivity contribution is 7.92. The van der Waals surface area contributed by atoms with E-state index in [0.717, 1.165) is 4.31 Å². The Morgan fingerprint density at radius 2 is 1.54 bits per heavy atom. The number of sulfonamides is 1. The predicted molar refractivity (Wildman–Crippen MR) is 163 cm³/mol. The molecule has 3 rings (SSSR count). The van der Waals surface area contributed by atoms with Crippen molar-refractivity contribution in [3.05, 3.63) is 87.4 Å². The van der Waals surface area contributed by atoms with Crippen molar-refractivity contribution >= 4 is 62.3 Å². The molecule has 0 radical (unpaired) electrons. The van der Waals surface area contributed by atoms with Crippen molar-refractivity contribution in [3.8, 4) is 5.75 Å². The molecule has 8 nitrogen and oxygen atoms in total. The topological polar surface area (TPSA) is 96.0 Å². The number of rotatable bonds is 12. The second-order valence-corrected chi connectivity index (χ2v) is 12.8. The van der Waals surface area contributed by atoms with Gasteiger partial charge in [0.1, 0.15) is 18.3 Å².